The van der Waals surface area contributed by atoms with Crippen LogP contribution in [-0.2, 0) is 21.5 Å². The van der Waals surface area contributed by atoms with Gasteiger partial charge >= 0.3 is 12.4 Å². The lowest BCUT2D eigenvalue weighted by molar-refractivity contribution is -0.400. The van der Waals surface area contributed by atoms with Crippen molar-refractivity contribution in [1.29, 1.82) is 0 Å². The van der Waals surface area contributed by atoms with Gasteiger partial charge in [-0.05, 0) is 36.2 Å². The standard InChI is InChI=1S/C14H16F6O3.C5H5N/c1-3-4-9-7-10(5-6-11(9)21)12(13(15,16)17,14(18,19)20)23-8-22-2;1-2-4-6-5-3-1/h5-7,21H,3-4,8H2,1-2H3;1-5H. The summed E-state index contributed by atoms with van der Waals surface area (Å²) in [5.74, 6) is -0.374. The highest BCUT2D eigenvalue weighted by Gasteiger charge is 2.73. The normalized spacial score (nSPS) is 12.3. The van der Waals surface area contributed by atoms with E-state index >= 15 is 0 Å². The van der Waals surface area contributed by atoms with Crippen molar-refractivity contribution >= 4 is 0 Å². The van der Waals surface area contributed by atoms with E-state index in [1.54, 1.807) is 19.3 Å². The molecule has 0 atom stereocenters. The minimum absolute atomic E-state index is 0.0242. The molecule has 0 amide bonds. The summed E-state index contributed by atoms with van der Waals surface area (Å²) in [6.45, 7) is 0.470. The van der Waals surface area contributed by atoms with Gasteiger partial charge in [0, 0.05) is 25.1 Å². The molecule has 0 aliphatic carbocycles. The van der Waals surface area contributed by atoms with Crippen molar-refractivity contribution < 1.29 is 40.9 Å². The average Bonchev–Trinajstić information content (AvgIpc) is 2.64. The van der Waals surface area contributed by atoms with Gasteiger partial charge in [0.15, 0.2) is 0 Å². The van der Waals surface area contributed by atoms with E-state index in [-0.39, 0.29) is 17.7 Å². The van der Waals surface area contributed by atoms with E-state index in [1.807, 2.05) is 18.2 Å². The van der Waals surface area contributed by atoms with Crippen molar-refractivity contribution in [2.75, 3.05) is 13.9 Å². The van der Waals surface area contributed by atoms with Crippen molar-refractivity contribution in [1.82, 2.24) is 4.98 Å². The van der Waals surface area contributed by atoms with Crippen molar-refractivity contribution in [3.05, 3.63) is 59.9 Å². The van der Waals surface area contributed by atoms with Crippen LogP contribution in [0.25, 0.3) is 0 Å². The summed E-state index contributed by atoms with van der Waals surface area (Å²) < 4.78 is 88.4. The fraction of sp³-hybridized carbons (Fsp3) is 0.421. The van der Waals surface area contributed by atoms with E-state index in [0.717, 1.165) is 13.2 Å². The monoisotopic (exact) mass is 425 g/mol. The molecule has 0 aliphatic heterocycles. The van der Waals surface area contributed by atoms with E-state index in [1.165, 1.54) is 0 Å². The Hall–Kier alpha value is -2.33. The molecule has 0 saturated heterocycles. The van der Waals surface area contributed by atoms with Gasteiger partial charge in [0.05, 0.1) is 0 Å². The molecule has 0 saturated carbocycles. The predicted octanol–water partition coefficient (Wildman–Crippen LogP) is 5.37. The summed E-state index contributed by atoms with van der Waals surface area (Å²) in [4.78, 5) is 3.78. The molecular weight excluding hydrogens is 404 g/mol. The molecular formula is C19H21F6NO3. The lowest BCUT2D eigenvalue weighted by atomic mass is 9.89. The average molecular weight is 425 g/mol. The first-order valence-corrected chi connectivity index (χ1v) is 8.45. The maximum absolute atomic E-state index is 13.3. The number of hydrogen-bond acceptors (Lipinski definition) is 4. The largest absolute Gasteiger partial charge is 0.508 e. The lowest BCUT2D eigenvalue weighted by Crippen LogP contribution is -2.56. The zero-order chi connectivity index (χ0) is 22.1. The number of phenolic OH excluding ortho intramolecular Hbond substituents is 1. The number of aromatic hydroxyl groups is 1. The second-order valence-electron chi connectivity index (χ2n) is 5.85. The van der Waals surface area contributed by atoms with Gasteiger partial charge in [-0.15, -0.1) is 0 Å². The lowest BCUT2D eigenvalue weighted by Gasteiger charge is -2.37. The molecule has 0 unspecified atom stereocenters. The number of aryl methyl sites for hydroxylation is 1. The van der Waals surface area contributed by atoms with Crippen LogP contribution < -0.4 is 0 Å². The second-order valence-corrected chi connectivity index (χ2v) is 5.85. The molecule has 1 aromatic carbocycles. The van der Waals surface area contributed by atoms with Gasteiger partial charge in [-0.1, -0.05) is 25.5 Å². The zero-order valence-corrected chi connectivity index (χ0v) is 15.7. The zero-order valence-electron chi connectivity index (χ0n) is 15.7. The number of rotatable bonds is 6. The fourth-order valence-electron chi connectivity index (χ4n) is 2.47. The Labute approximate surface area is 164 Å². The molecule has 0 fully saturated rings. The van der Waals surface area contributed by atoms with Crippen LogP contribution in [0.3, 0.4) is 0 Å². The number of pyridine rings is 1. The quantitative estimate of drug-likeness (QED) is 0.500. The Morgan fingerprint density at radius 3 is 1.93 bits per heavy atom. The van der Waals surface area contributed by atoms with Gasteiger partial charge < -0.3 is 14.6 Å². The van der Waals surface area contributed by atoms with Crippen LogP contribution in [0.15, 0.2) is 48.8 Å². The van der Waals surface area contributed by atoms with Crippen LogP contribution in [0.1, 0.15) is 24.5 Å². The number of halogens is 6. The fourth-order valence-corrected chi connectivity index (χ4v) is 2.47. The number of phenols is 1. The van der Waals surface area contributed by atoms with Crippen LogP contribution in [0.5, 0.6) is 5.75 Å². The Kier molecular flexibility index (Phi) is 8.90. The van der Waals surface area contributed by atoms with E-state index in [0.29, 0.717) is 18.6 Å². The third kappa shape index (κ3) is 6.07. The van der Waals surface area contributed by atoms with E-state index < -0.39 is 30.3 Å². The van der Waals surface area contributed by atoms with E-state index in [2.05, 4.69) is 14.5 Å². The molecule has 10 heteroatoms. The maximum Gasteiger partial charge on any atom is 0.430 e. The van der Waals surface area contributed by atoms with E-state index in [9.17, 15) is 31.4 Å². The summed E-state index contributed by atoms with van der Waals surface area (Å²) in [6.07, 6.45) is -7.49. The van der Waals surface area contributed by atoms with Gasteiger partial charge in [-0.2, -0.15) is 26.3 Å². The highest BCUT2D eigenvalue weighted by atomic mass is 19.4. The molecule has 162 valence electrons. The number of ether oxygens (including phenoxy) is 2. The summed E-state index contributed by atoms with van der Waals surface area (Å²) in [5, 5.41) is 9.59. The Morgan fingerprint density at radius 1 is 0.966 bits per heavy atom. The third-order valence-electron chi connectivity index (χ3n) is 3.76. The van der Waals surface area contributed by atoms with Crippen molar-refractivity contribution in [2.24, 2.45) is 0 Å². The van der Waals surface area contributed by atoms with Crippen LogP contribution in [0, 0.1) is 0 Å². The minimum atomic E-state index is -5.77. The molecule has 4 nitrogen and oxygen atoms in total. The second kappa shape index (κ2) is 10.4. The number of aromatic nitrogens is 1. The van der Waals surface area contributed by atoms with Gasteiger partial charge in [0.2, 0.25) is 0 Å². The number of methoxy groups -OCH3 is 1. The SMILES string of the molecule is CCCc1cc(C(OCOC)(C(F)(F)F)C(F)(F)F)ccc1O.c1ccncc1. The molecule has 1 aromatic heterocycles. The van der Waals surface area contributed by atoms with Gasteiger partial charge in [0.25, 0.3) is 5.60 Å². The first-order chi connectivity index (χ1) is 13.5. The summed E-state index contributed by atoms with van der Waals surface area (Å²) in [6, 6.07) is 7.72. The molecule has 29 heavy (non-hydrogen) atoms. The van der Waals surface area contributed by atoms with Crippen LogP contribution >= 0.6 is 0 Å². The Bertz CT molecular complexity index is 694. The molecule has 0 radical (unpaired) electrons. The van der Waals surface area contributed by atoms with Gasteiger partial charge in [0.1, 0.15) is 12.5 Å². The highest BCUT2D eigenvalue weighted by Crippen LogP contribution is 2.53. The molecule has 1 N–H and O–H groups in total. The predicted molar refractivity (Wildman–Crippen MR) is 93.1 cm³/mol. The van der Waals surface area contributed by atoms with Crippen molar-refractivity contribution in [3.63, 3.8) is 0 Å². The molecule has 2 aromatic rings. The summed E-state index contributed by atoms with van der Waals surface area (Å²) in [5.41, 5.74) is -5.72. The topological polar surface area (TPSA) is 51.6 Å². The molecule has 0 bridgehead atoms. The number of nitrogens with zero attached hydrogens (tertiary/aromatic N) is 1. The molecule has 2 rings (SSSR count). The Morgan fingerprint density at radius 2 is 1.55 bits per heavy atom. The summed E-state index contributed by atoms with van der Waals surface area (Å²) >= 11 is 0. The number of benzene rings is 1. The van der Waals surface area contributed by atoms with E-state index in [4.69, 9.17) is 0 Å². The number of hydrogen-bond donors (Lipinski definition) is 1. The maximum atomic E-state index is 13.3. The highest BCUT2D eigenvalue weighted by molar-refractivity contribution is 5.40. The van der Waals surface area contributed by atoms with Crippen LogP contribution in [0.4, 0.5) is 26.3 Å². The van der Waals surface area contributed by atoms with Gasteiger partial charge in [-0.25, -0.2) is 0 Å². The third-order valence-corrected chi connectivity index (χ3v) is 3.76. The van der Waals surface area contributed by atoms with Crippen LogP contribution in [-0.4, -0.2) is 36.3 Å². The molecule has 0 spiro atoms. The number of alkyl halides is 6. The van der Waals surface area contributed by atoms with Crippen molar-refractivity contribution in [2.45, 2.75) is 37.7 Å². The smallest absolute Gasteiger partial charge is 0.430 e. The van der Waals surface area contributed by atoms with Crippen molar-refractivity contribution in [3.8, 4) is 5.75 Å². The van der Waals surface area contributed by atoms with Crippen LogP contribution in [0.2, 0.25) is 0 Å². The first kappa shape index (κ1) is 24.7. The molecule has 0 aliphatic rings. The first-order valence-electron chi connectivity index (χ1n) is 8.45. The van der Waals surface area contributed by atoms with Gasteiger partial charge in [-0.3, -0.25) is 4.98 Å². The molecule has 1 heterocycles. The summed E-state index contributed by atoms with van der Waals surface area (Å²) in [7, 11) is 0.914. The minimum Gasteiger partial charge on any atom is -0.508 e. The Balaban J connectivity index is 0.000000594.